The zero-order valence-electron chi connectivity index (χ0n) is 10.4. The molecule has 1 nitrogen and oxygen atoms in total. The van der Waals surface area contributed by atoms with Crippen LogP contribution in [-0.4, -0.2) is 0 Å². The first kappa shape index (κ1) is 18.0. The van der Waals surface area contributed by atoms with Crippen LogP contribution in [0, 0.1) is 11.2 Å². The molecule has 0 spiro atoms. The number of nitrogen functional groups attached to an aromatic ring is 1. The van der Waals surface area contributed by atoms with Crippen LogP contribution in [0.3, 0.4) is 0 Å². The van der Waals surface area contributed by atoms with Crippen molar-refractivity contribution in [1.82, 2.24) is 0 Å². The Balaban J connectivity index is 0. The van der Waals surface area contributed by atoms with Crippen molar-refractivity contribution in [2.24, 2.45) is 0 Å². The first-order valence-electron chi connectivity index (χ1n) is 5.39. The predicted molar refractivity (Wildman–Crippen MR) is 86.7 cm³/mol. The lowest BCUT2D eigenvalue weighted by atomic mass is 10.2. The summed E-state index contributed by atoms with van der Waals surface area (Å²) in [4.78, 5) is 0. The molecular formula is C13H20INS. The molecule has 0 heterocycles. The van der Waals surface area contributed by atoms with Crippen molar-refractivity contribution in [3.05, 3.63) is 29.8 Å². The highest BCUT2D eigenvalue weighted by Gasteiger charge is 1.89. The summed E-state index contributed by atoms with van der Waals surface area (Å²) in [5, 5.41) is 2.88. The Morgan fingerprint density at radius 2 is 1.75 bits per heavy atom. The second-order valence-corrected chi connectivity index (χ2v) is 4.28. The molecule has 0 saturated carbocycles. The lowest BCUT2D eigenvalue weighted by Gasteiger charge is -1.93. The van der Waals surface area contributed by atoms with Crippen molar-refractivity contribution in [2.45, 2.75) is 34.1 Å². The molecule has 3 heteroatoms. The third-order valence-electron chi connectivity index (χ3n) is 1.19. The van der Waals surface area contributed by atoms with Crippen LogP contribution in [0.15, 0.2) is 24.3 Å². The van der Waals surface area contributed by atoms with Crippen LogP contribution in [-0.2, 0) is 0 Å². The molecule has 0 aliphatic rings. The number of hydrogen-bond donors (Lipinski definition) is 1. The molecule has 0 aliphatic heterocycles. The fourth-order valence-corrected chi connectivity index (χ4v) is 1.16. The van der Waals surface area contributed by atoms with Gasteiger partial charge in [0.1, 0.15) is 0 Å². The van der Waals surface area contributed by atoms with Gasteiger partial charge in [0.05, 0.1) is 0 Å². The number of halogens is 1. The van der Waals surface area contributed by atoms with Gasteiger partial charge in [-0.25, -0.2) is 0 Å². The zero-order valence-corrected chi connectivity index (χ0v) is 13.4. The Labute approximate surface area is 116 Å². The molecule has 0 bridgehead atoms. The maximum atomic E-state index is 5.65. The number of hydrogen-bond acceptors (Lipinski definition) is 2. The summed E-state index contributed by atoms with van der Waals surface area (Å²) >= 11 is 2.13. The Hall–Kier alpha value is -0.340. The highest BCUT2D eigenvalue weighted by atomic mass is 127. The molecule has 0 aliphatic carbocycles. The summed E-state index contributed by atoms with van der Waals surface area (Å²) in [5.74, 6) is 2.94. The minimum absolute atomic E-state index is 0.741. The van der Waals surface area contributed by atoms with Crippen molar-refractivity contribution in [3.8, 4) is 11.2 Å². The van der Waals surface area contributed by atoms with Crippen LogP contribution in [0.4, 0.5) is 5.69 Å². The largest absolute Gasteiger partial charge is 0.398 e. The van der Waals surface area contributed by atoms with Crippen molar-refractivity contribution in [3.63, 3.8) is 0 Å². The van der Waals surface area contributed by atoms with E-state index in [-0.39, 0.29) is 0 Å². The van der Waals surface area contributed by atoms with Crippen LogP contribution in [0.25, 0.3) is 0 Å². The van der Waals surface area contributed by atoms with Crippen LogP contribution >= 0.6 is 30.1 Å². The monoisotopic (exact) mass is 349 g/mol. The van der Waals surface area contributed by atoms with Crippen molar-refractivity contribution in [1.29, 1.82) is 0 Å². The molecule has 16 heavy (non-hydrogen) atoms. The molecule has 90 valence electrons. The van der Waals surface area contributed by atoms with Crippen LogP contribution in [0.2, 0.25) is 0 Å². The van der Waals surface area contributed by atoms with Gasteiger partial charge in [-0.05, 0) is 26.3 Å². The van der Waals surface area contributed by atoms with Gasteiger partial charge in [0.15, 0.2) is 0 Å². The molecular weight excluding hydrogens is 329 g/mol. The van der Waals surface area contributed by atoms with Crippen LogP contribution in [0.5, 0.6) is 0 Å². The average Bonchev–Trinajstić information content (AvgIpc) is 2.32. The maximum Gasteiger partial charge on any atom is 0.0484 e. The molecule has 0 unspecified atom stereocenters. The van der Waals surface area contributed by atoms with Crippen LogP contribution in [0.1, 0.15) is 39.7 Å². The minimum atomic E-state index is 0.741. The van der Waals surface area contributed by atoms with E-state index < -0.39 is 0 Å². The van der Waals surface area contributed by atoms with E-state index in [0.717, 1.165) is 11.3 Å². The van der Waals surface area contributed by atoms with Gasteiger partial charge < -0.3 is 5.73 Å². The van der Waals surface area contributed by atoms with Crippen molar-refractivity contribution in [2.75, 3.05) is 5.73 Å². The smallest absolute Gasteiger partial charge is 0.0484 e. The van der Waals surface area contributed by atoms with Gasteiger partial charge in [-0.1, -0.05) is 52.2 Å². The summed E-state index contributed by atoms with van der Waals surface area (Å²) < 4.78 is 0. The van der Waals surface area contributed by atoms with Crippen molar-refractivity contribution >= 4 is 35.8 Å². The molecule has 1 aromatic rings. The molecule has 0 aromatic heterocycles. The average molecular weight is 349 g/mol. The fraction of sp³-hybridized carbons (Fsp3) is 0.385. The molecule has 2 N–H and O–H groups in total. The van der Waals surface area contributed by atoms with Crippen molar-refractivity contribution < 1.29 is 0 Å². The molecule has 0 atom stereocenters. The van der Waals surface area contributed by atoms with Gasteiger partial charge in [-0.15, -0.1) is 0 Å². The Morgan fingerprint density at radius 3 is 2.19 bits per heavy atom. The predicted octanol–water partition coefficient (Wildman–Crippen LogP) is 5.10. The number of rotatable bonds is 0. The lowest BCUT2D eigenvalue weighted by molar-refractivity contribution is 1.09. The topological polar surface area (TPSA) is 26.0 Å². The molecule has 0 fully saturated rings. The standard InChI is InChI=1S/C8H6INS.C3H8.C2H6/c9-11-6-5-7-3-1-2-4-8(7)10;1-3-2;1-2/h1-4H,10H2;3H2,1-2H3;1-2H3. The second-order valence-electron chi connectivity index (χ2n) is 2.60. The fourth-order valence-electron chi connectivity index (χ4n) is 0.685. The molecule has 1 rings (SSSR count). The van der Waals surface area contributed by atoms with E-state index in [4.69, 9.17) is 5.73 Å². The number of nitrogens with two attached hydrogens (primary N) is 1. The first-order chi connectivity index (χ1) is 7.76. The normalized spacial score (nSPS) is 7.31. The molecule has 0 saturated heterocycles. The third-order valence-corrected chi connectivity index (χ3v) is 2.02. The molecule has 0 radical (unpaired) electrons. The molecule has 0 amide bonds. The summed E-state index contributed by atoms with van der Waals surface area (Å²) in [6.07, 6.45) is 1.25. The van der Waals surface area contributed by atoms with E-state index in [0.29, 0.717) is 0 Å². The first-order valence-corrected chi connectivity index (χ1v) is 8.75. The van der Waals surface area contributed by atoms with Gasteiger partial charge >= 0.3 is 0 Å². The van der Waals surface area contributed by atoms with Gasteiger partial charge in [-0.2, -0.15) is 0 Å². The highest BCUT2D eigenvalue weighted by molar-refractivity contribution is 14.2. The number of benzene rings is 1. The summed E-state index contributed by atoms with van der Waals surface area (Å²) in [6, 6.07) is 7.59. The van der Waals surface area contributed by atoms with E-state index in [1.807, 2.05) is 38.1 Å². The van der Waals surface area contributed by atoms with Gasteiger partial charge in [0, 0.05) is 32.5 Å². The quantitative estimate of drug-likeness (QED) is 0.400. The van der Waals surface area contributed by atoms with E-state index in [1.54, 1.807) is 0 Å². The summed E-state index contributed by atoms with van der Waals surface area (Å²) in [7, 11) is 1.46. The summed E-state index contributed by atoms with van der Waals surface area (Å²) in [6.45, 7) is 8.25. The lowest BCUT2D eigenvalue weighted by Crippen LogP contribution is -1.87. The number of anilines is 1. The zero-order chi connectivity index (χ0) is 12.8. The Kier molecular flexibility index (Phi) is 16.5. The Bertz CT molecular complexity index is 315. The number of para-hydroxylation sites is 1. The summed E-state index contributed by atoms with van der Waals surface area (Å²) in [5.41, 5.74) is 7.29. The van der Waals surface area contributed by atoms with Gasteiger partial charge in [0.2, 0.25) is 0 Å². The van der Waals surface area contributed by atoms with E-state index in [1.165, 1.54) is 15.4 Å². The Morgan fingerprint density at radius 1 is 1.25 bits per heavy atom. The van der Waals surface area contributed by atoms with E-state index in [2.05, 4.69) is 46.2 Å². The van der Waals surface area contributed by atoms with E-state index in [9.17, 15) is 0 Å². The van der Waals surface area contributed by atoms with Gasteiger partial charge in [0.25, 0.3) is 0 Å². The highest BCUT2D eigenvalue weighted by Crippen LogP contribution is 2.11. The third kappa shape index (κ3) is 10.2. The molecule has 1 aromatic carbocycles. The maximum absolute atomic E-state index is 5.65. The minimum Gasteiger partial charge on any atom is -0.398 e. The second kappa shape index (κ2) is 14.7. The SMILES string of the molecule is CC.CCC.Nc1ccccc1C#CSI. The van der Waals surface area contributed by atoms with Crippen LogP contribution < -0.4 is 5.73 Å². The van der Waals surface area contributed by atoms with E-state index >= 15 is 0 Å². The van der Waals surface area contributed by atoms with Gasteiger partial charge in [-0.3, -0.25) is 0 Å².